The summed E-state index contributed by atoms with van der Waals surface area (Å²) in [5.41, 5.74) is 6.20. The third-order valence-corrected chi connectivity index (χ3v) is 5.43. The van der Waals surface area contributed by atoms with Gasteiger partial charge in [-0.15, -0.1) is 0 Å². The number of alkyl halides is 3. The van der Waals surface area contributed by atoms with E-state index < -0.39 is 24.2 Å². The molecule has 1 amide bonds. The standard InChI is InChI=1S/C22H24F3N7O3/c1-22(2,11-34-3)31-10-12(8-28-31)21(33)27-9-17-29-20(30-35-17)16-7-13-14(26)5-4-6-15(13)32(16)19(25)18(23)24/h4-8,10,18-19H,9,11,26H2,1-3H3,(H,27,33). The summed E-state index contributed by atoms with van der Waals surface area (Å²) in [5.74, 6) is -0.562. The molecule has 0 saturated carbocycles. The van der Waals surface area contributed by atoms with Gasteiger partial charge in [-0.1, -0.05) is 11.2 Å². The number of hydrogen-bond acceptors (Lipinski definition) is 7. The first kappa shape index (κ1) is 24.3. The largest absolute Gasteiger partial charge is 0.398 e. The van der Waals surface area contributed by atoms with Crippen molar-refractivity contribution in [1.29, 1.82) is 0 Å². The third-order valence-electron chi connectivity index (χ3n) is 5.43. The number of hydrogen-bond donors (Lipinski definition) is 2. The number of methoxy groups -OCH3 is 1. The summed E-state index contributed by atoms with van der Waals surface area (Å²) < 4.78 is 53.7. The van der Waals surface area contributed by atoms with Crippen molar-refractivity contribution >= 4 is 22.5 Å². The maximum absolute atomic E-state index is 14.5. The number of halogens is 3. The van der Waals surface area contributed by atoms with Crippen LogP contribution in [0.25, 0.3) is 22.4 Å². The summed E-state index contributed by atoms with van der Waals surface area (Å²) >= 11 is 0. The van der Waals surface area contributed by atoms with Crippen LogP contribution in [-0.2, 0) is 16.8 Å². The van der Waals surface area contributed by atoms with E-state index in [-0.39, 0.29) is 35.2 Å². The van der Waals surface area contributed by atoms with Gasteiger partial charge in [-0.05, 0) is 32.0 Å². The second-order valence-electron chi connectivity index (χ2n) is 8.50. The molecule has 0 aliphatic carbocycles. The van der Waals surface area contributed by atoms with Gasteiger partial charge in [0.2, 0.25) is 18.0 Å². The average Bonchev–Trinajstić information content (AvgIpc) is 3.55. The number of nitrogen functional groups attached to an aromatic ring is 1. The van der Waals surface area contributed by atoms with Crippen molar-refractivity contribution in [3.05, 3.63) is 48.1 Å². The van der Waals surface area contributed by atoms with Gasteiger partial charge in [0.15, 0.2) is 0 Å². The Morgan fingerprint density at radius 2 is 2.09 bits per heavy atom. The van der Waals surface area contributed by atoms with Gasteiger partial charge in [-0.2, -0.15) is 10.1 Å². The zero-order chi connectivity index (χ0) is 25.3. The molecule has 13 heteroatoms. The number of benzene rings is 1. The molecule has 3 aromatic heterocycles. The molecule has 35 heavy (non-hydrogen) atoms. The topological polar surface area (TPSA) is 126 Å². The van der Waals surface area contributed by atoms with Crippen molar-refractivity contribution in [2.24, 2.45) is 0 Å². The smallest absolute Gasteiger partial charge is 0.288 e. The summed E-state index contributed by atoms with van der Waals surface area (Å²) in [6.07, 6.45) is -2.93. The van der Waals surface area contributed by atoms with Crippen molar-refractivity contribution < 1.29 is 27.2 Å². The molecule has 3 N–H and O–H groups in total. The van der Waals surface area contributed by atoms with E-state index in [0.29, 0.717) is 17.6 Å². The fourth-order valence-electron chi connectivity index (χ4n) is 3.70. The predicted molar refractivity (Wildman–Crippen MR) is 120 cm³/mol. The van der Waals surface area contributed by atoms with E-state index in [2.05, 4.69) is 20.6 Å². The fraction of sp³-hybridized carbons (Fsp3) is 0.364. The first-order chi connectivity index (χ1) is 16.6. The SMILES string of the molecule is COCC(C)(C)n1cc(C(=O)NCc2nc(-c3cc4c(N)cccc4n3C(F)C(F)F)no2)cn1. The van der Waals surface area contributed by atoms with Crippen LogP contribution in [0, 0.1) is 0 Å². The summed E-state index contributed by atoms with van der Waals surface area (Å²) in [6.45, 7) is 4.07. The lowest BCUT2D eigenvalue weighted by Gasteiger charge is -2.24. The Labute approximate surface area is 197 Å². The van der Waals surface area contributed by atoms with Gasteiger partial charge in [0.25, 0.3) is 12.3 Å². The van der Waals surface area contributed by atoms with Crippen molar-refractivity contribution in [3.63, 3.8) is 0 Å². The van der Waals surface area contributed by atoms with Gasteiger partial charge < -0.3 is 24.9 Å². The zero-order valence-corrected chi connectivity index (χ0v) is 19.2. The molecule has 0 fully saturated rings. The Hall–Kier alpha value is -3.87. The van der Waals surface area contributed by atoms with E-state index in [0.717, 1.165) is 4.57 Å². The number of anilines is 1. The highest BCUT2D eigenvalue weighted by Crippen LogP contribution is 2.35. The molecule has 0 spiro atoms. The van der Waals surface area contributed by atoms with Crippen LogP contribution < -0.4 is 11.1 Å². The van der Waals surface area contributed by atoms with Gasteiger partial charge in [-0.3, -0.25) is 9.48 Å². The molecule has 3 heterocycles. The first-order valence-electron chi connectivity index (χ1n) is 10.6. The number of carbonyl (C=O) groups excluding carboxylic acids is 1. The van der Waals surface area contributed by atoms with Gasteiger partial charge in [0.1, 0.15) is 0 Å². The van der Waals surface area contributed by atoms with Crippen molar-refractivity contribution in [1.82, 2.24) is 29.8 Å². The highest BCUT2D eigenvalue weighted by molar-refractivity contribution is 5.95. The van der Waals surface area contributed by atoms with Crippen LogP contribution in [0.4, 0.5) is 18.9 Å². The van der Waals surface area contributed by atoms with E-state index in [4.69, 9.17) is 15.0 Å². The number of carbonyl (C=O) groups is 1. The number of ether oxygens (including phenoxy) is 1. The molecule has 0 radical (unpaired) electrons. The normalized spacial score (nSPS) is 13.0. The molecule has 10 nitrogen and oxygen atoms in total. The number of nitrogens with one attached hydrogen (secondary N) is 1. The monoisotopic (exact) mass is 491 g/mol. The van der Waals surface area contributed by atoms with Gasteiger partial charge in [0, 0.05) is 24.4 Å². The summed E-state index contributed by atoms with van der Waals surface area (Å²) in [7, 11) is 1.58. The maximum Gasteiger partial charge on any atom is 0.288 e. The Morgan fingerprint density at radius 3 is 2.80 bits per heavy atom. The summed E-state index contributed by atoms with van der Waals surface area (Å²) in [6, 6.07) is 6.00. The minimum absolute atomic E-state index is 0.00214. The van der Waals surface area contributed by atoms with Crippen LogP contribution in [0.3, 0.4) is 0 Å². The lowest BCUT2D eigenvalue weighted by atomic mass is 10.1. The number of nitrogens with zero attached hydrogens (tertiary/aromatic N) is 5. The highest BCUT2D eigenvalue weighted by Gasteiger charge is 2.28. The molecule has 0 bridgehead atoms. The van der Waals surface area contributed by atoms with Gasteiger partial charge in [-0.25, -0.2) is 13.2 Å². The Kier molecular flexibility index (Phi) is 6.52. The van der Waals surface area contributed by atoms with E-state index in [9.17, 15) is 18.0 Å². The molecular formula is C22H24F3N7O3. The van der Waals surface area contributed by atoms with Crippen molar-refractivity contribution in [3.8, 4) is 11.5 Å². The molecule has 4 aromatic rings. The second kappa shape index (κ2) is 9.41. The highest BCUT2D eigenvalue weighted by atomic mass is 19.3. The van der Waals surface area contributed by atoms with Crippen molar-refractivity contribution in [2.45, 2.75) is 38.7 Å². The molecule has 0 saturated heterocycles. The zero-order valence-electron chi connectivity index (χ0n) is 19.2. The van der Waals surface area contributed by atoms with Crippen LogP contribution >= 0.6 is 0 Å². The van der Waals surface area contributed by atoms with Crippen LogP contribution in [0.1, 0.15) is 36.4 Å². The average molecular weight is 491 g/mol. The Balaban J connectivity index is 1.54. The molecule has 186 valence electrons. The van der Waals surface area contributed by atoms with Crippen molar-refractivity contribution in [2.75, 3.05) is 19.5 Å². The van der Waals surface area contributed by atoms with E-state index in [1.807, 2.05) is 13.8 Å². The number of nitrogens with two attached hydrogens (primary N) is 1. The fourth-order valence-corrected chi connectivity index (χ4v) is 3.70. The van der Waals surface area contributed by atoms with Crippen LogP contribution in [0.2, 0.25) is 0 Å². The van der Waals surface area contributed by atoms with Gasteiger partial charge >= 0.3 is 0 Å². The molecule has 1 aromatic carbocycles. The lowest BCUT2D eigenvalue weighted by molar-refractivity contribution is 0.0114. The molecular weight excluding hydrogens is 467 g/mol. The molecule has 4 rings (SSSR count). The molecule has 0 aliphatic rings. The predicted octanol–water partition coefficient (Wildman–Crippen LogP) is 3.51. The number of amides is 1. The lowest BCUT2D eigenvalue weighted by Crippen LogP contribution is -2.32. The molecule has 0 aliphatic heterocycles. The minimum Gasteiger partial charge on any atom is -0.398 e. The number of rotatable bonds is 9. The van der Waals surface area contributed by atoms with Crippen LogP contribution in [0.5, 0.6) is 0 Å². The molecule has 1 unspecified atom stereocenters. The Bertz CT molecular complexity index is 1350. The number of fused-ring (bicyclic) bond motifs is 1. The van der Waals surface area contributed by atoms with Gasteiger partial charge in [0.05, 0.1) is 41.7 Å². The number of aromatic nitrogens is 5. The van der Waals surface area contributed by atoms with E-state index in [1.165, 1.54) is 24.4 Å². The Morgan fingerprint density at radius 1 is 1.31 bits per heavy atom. The molecule has 1 atom stereocenters. The third kappa shape index (κ3) is 4.71. The van der Waals surface area contributed by atoms with Crippen LogP contribution in [-0.4, -0.2) is 50.5 Å². The summed E-state index contributed by atoms with van der Waals surface area (Å²) in [4.78, 5) is 16.7. The van der Waals surface area contributed by atoms with E-state index in [1.54, 1.807) is 24.1 Å². The van der Waals surface area contributed by atoms with E-state index >= 15 is 0 Å². The summed E-state index contributed by atoms with van der Waals surface area (Å²) in [5, 5.41) is 11.0. The second-order valence-corrected chi connectivity index (χ2v) is 8.50. The van der Waals surface area contributed by atoms with Crippen LogP contribution in [0.15, 0.2) is 41.2 Å². The minimum atomic E-state index is -3.29. The quantitative estimate of drug-likeness (QED) is 0.343. The maximum atomic E-state index is 14.5. The first-order valence-corrected chi connectivity index (χ1v) is 10.6.